The van der Waals surface area contributed by atoms with Gasteiger partial charge in [0.05, 0.1) is 22.6 Å². The molecule has 0 unspecified atom stereocenters. The van der Waals surface area contributed by atoms with Crippen LogP contribution >= 0.6 is 0 Å². The van der Waals surface area contributed by atoms with Crippen LogP contribution in [0.3, 0.4) is 0 Å². The number of anilines is 5. The van der Waals surface area contributed by atoms with Crippen LogP contribution in [-0.2, 0) is 26.0 Å². The number of hydrogen-bond donors (Lipinski definition) is 3. The summed E-state index contributed by atoms with van der Waals surface area (Å²) in [5.74, 6) is -3.43. The molecule has 1 aromatic carbocycles. The number of carbonyl (C=O) groups is 2. The molecule has 0 radical (unpaired) electrons. The quantitative estimate of drug-likeness (QED) is 0.291. The molecule has 15 heteroatoms. The van der Waals surface area contributed by atoms with Crippen LogP contribution in [-0.4, -0.2) is 89.4 Å². The van der Waals surface area contributed by atoms with E-state index in [4.69, 9.17) is 15.5 Å². The number of alkyl halides is 2. The molecule has 4 heterocycles. The van der Waals surface area contributed by atoms with E-state index in [2.05, 4.69) is 19.8 Å². The molecule has 2 saturated heterocycles. The maximum Gasteiger partial charge on any atom is 0.323 e. The van der Waals surface area contributed by atoms with Gasteiger partial charge in [0, 0.05) is 52.6 Å². The average Bonchev–Trinajstić information content (AvgIpc) is 3.70. The fraction of sp³-hybridized carbons (Fsp3) is 0.618. The molecule has 4 aliphatic rings. The number of fused-ring (bicyclic) bond motifs is 1. The highest BCUT2D eigenvalue weighted by molar-refractivity contribution is 7.92. The van der Waals surface area contributed by atoms with E-state index >= 15 is 0 Å². The summed E-state index contributed by atoms with van der Waals surface area (Å²) in [7, 11) is -1.95. The van der Waals surface area contributed by atoms with Crippen molar-refractivity contribution in [2.45, 2.75) is 70.8 Å². The van der Waals surface area contributed by atoms with E-state index in [9.17, 15) is 26.8 Å². The number of hydrogen-bond acceptors (Lipinski definition) is 10. The smallest absolute Gasteiger partial charge is 0.323 e. The summed E-state index contributed by atoms with van der Waals surface area (Å²) in [6.07, 6.45) is 4.63. The minimum absolute atomic E-state index is 0.145. The van der Waals surface area contributed by atoms with Gasteiger partial charge in [-0.05, 0) is 73.3 Å². The summed E-state index contributed by atoms with van der Waals surface area (Å²) < 4.78 is 61.6. The molecule has 1 saturated carbocycles. The third-order valence-corrected chi connectivity index (χ3v) is 11.7. The van der Waals surface area contributed by atoms with Crippen molar-refractivity contribution in [1.29, 1.82) is 0 Å². The highest BCUT2D eigenvalue weighted by Crippen LogP contribution is 2.54. The summed E-state index contributed by atoms with van der Waals surface area (Å²) in [6.45, 7) is 5.77. The number of piperidine rings is 2. The molecule has 49 heavy (non-hydrogen) atoms. The number of aromatic nitrogens is 1. The first-order valence-electron chi connectivity index (χ1n) is 17.2. The Balaban J connectivity index is 1.22. The summed E-state index contributed by atoms with van der Waals surface area (Å²) >= 11 is 0. The first kappa shape index (κ1) is 35.1. The van der Waals surface area contributed by atoms with Crippen molar-refractivity contribution >= 4 is 50.6 Å². The van der Waals surface area contributed by atoms with Crippen molar-refractivity contribution < 1.29 is 31.5 Å². The Morgan fingerprint density at radius 1 is 1.00 bits per heavy atom. The van der Waals surface area contributed by atoms with Crippen molar-refractivity contribution in [2.75, 3.05) is 76.9 Å². The van der Waals surface area contributed by atoms with Gasteiger partial charge in [-0.2, -0.15) is 0 Å². The minimum atomic E-state index is -3.90. The average molecular weight is 704 g/mol. The molecule has 4 N–H and O–H groups in total. The zero-order valence-corrected chi connectivity index (χ0v) is 29.3. The third-order valence-electron chi connectivity index (χ3n) is 10.4. The van der Waals surface area contributed by atoms with Crippen LogP contribution in [0, 0.1) is 11.3 Å². The van der Waals surface area contributed by atoms with E-state index in [1.807, 2.05) is 18.0 Å². The number of likely N-dealkylation sites (N-methyl/N-ethyl adjacent to an activating group) is 1. The van der Waals surface area contributed by atoms with Gasteiger partial charge in [0.1, 0.15) is 24.2 Å². The Morgan fingerprint density at radius 2 is 1.67 bits per heavy atom. The first-order chi connectivity index (χ1) is 23.1. The van der Waals surface area contributed by atoms with Gasteiger partial charge in [-0.1, -0.05) is 13.8 Å². The summed E-state index contributed by atoms with van der Waals surface area (Å²) in [4.78, 5) is 36.9. The SMILES string of the molecule is CC(C)[C@@H](N)C(=O)OCCS(=O)(=O)Nc1ccc(C(=O)Nc2cc3c(c(N4CCC(F)(F)CC4)n2)N(C)CC3)c(N2CCC3(CC2)CC3)c1. The Morgan fingerprint density at radius 3 is 2.33 bits per heavy atom. The molecule has 0 bridgehead atoms. The fourth-order valence-electron chi connectivity index (χ4n) is 6.90. The van der Waals surface area contributed by atoms with Gasteiger partial charge >= 0.3 is 5.97 Å². The highest BCUT2D eigenvalue weighted by Gasteiger charge is 2.45. The van der Waals surface area contributed by atoms with Gasteiger partial charge in [-0.3, -0.25) is 14.3 Å². The number of benzene rings is 1. The zero-order chi connectivity index (χ0) is 35.1. The Labute approximate surface area is 286 Å². The van der Waals surface area contributed by atoms with Gasteiger partial charge in [-0.15, -0.1) is 0 Å². The molecular weight excluding hydrogens is 656 g/mol. The largest absolute Gasteiger partial charge is 0.463 e. The van der Waals surface area contributed by atoms with Crippen LogP contribution in [0.25, 0.3) is 0 Å². The van der Waals surface area contributed by atoms with E-state index < -0.39 is 39.6 Å². The number of carbonyl (C=O) groups excluding carboxylic acids is 2. The lowest BCUT2D eigenvalue weighted by Gasteiger charge is -2.35. The number of nitrogens with two attached hydrogens (primary N) is 1. The molecule has 3 fully saturated rings. The number of sulfonamides is 1. The van der Waals surface area contributed by atoms with Crippen LogP contribution in [0.15, 0.2) is 24.3 Å². The molecule has 12 nitrogen and oxygen atoms in total. The van der Waals surface area contributed by atoms with Crippen molar-refractivity contribution in [1.82, 2.24) is 4.98 Å². The second-order valence-corrected chi connectivity index (χ2v) is 16.2. The number of nitrogens with one attached hydrogen (secondary N) is 2. The fourth-order valence-corrected chi connectivity index (χ4v) is 7.79. The van der Waals surface area contributed by atoms with Crippen molar-refractivity contribution in [3.05, 3.63) is 35.4 Å². The van der Waals surface area contributed by atoms with E-state index in [1.54, 1.807) is 26.0 Å². The third kappa shape index (κ3) is 8.03. The summed E-state index contributed by atoms with van der Waals surface area (Å²) in [6, 6.07) is 5.81. The minimum Gasteiger partial charge on any atom is -0.463 e. The molecule has 1 amide bonds. The normalized spacial score (nSPS) is 20.3. The van der Waals surface area contributed by atoms with Gasteiger partial charge in [0.15, 0.2) is 5.82 Å². The predicted octanol–water partition coefficient (Wildman–Crippen LogP) is 4.21. The van der Waals surface area contributed by atoms with E-state index in [0.29, 0.717) is 28.3 Å². The van der Waals surface area contributed by atoms with Crippen LogP contribution in [0.4, 0.5) is 37.5 Å². The van der Waals surface area contributed by atoms with Gasteiger partial charge in [0.2, 0.25) is 10.0 Å². The number of rotatable bonds is 11. The second-order valence-electron chi connectivity index (χ2n) is 14.4. The number of esters is 1. The monoisotopic (exact) mass is 703 g/mol. The number of amides is 1. The maximum atomic E-state index is 14.0. The number of pyridine rings is 1. The van der Waals surface area contributed by atoms with E-state index in [1.165, 1.54) is 18.9 Å². The predicted molar refractivity (Wildman–Crippen MR) is 186 cm³/mol. The standard InChI is InChI=1S/C34H47F2N7O5S/c1-22(2)28(37)32(45)48-18-19-49(46,47)40-24-4-5-25(26(21-24)42-14-9-33(7-8-33)10-15-42)31(44)39-27-20-23-6-13-41(3)29(23)30(38-27)43-16-11-34(35,36)12-17-43/h4-5,20-22,28,40H,6-19,37H2,1-3H3,(H,38,39,44)/t28-/m1/s1. The molecule has 1 spiro atoms. The molecule has 1 aliphatic carbocycles. The van der Waals surface area contributed by atoms with Crippen LogP contribution in [0.1, 0.15) is 68.3 Å². The van der Waals surface area contributed by atoms with Crippen LogP contribution in [0.2, 0.25) is 0 Å². The highest BCUT2D eigenvalue weighted by atomic mass is 32.2. The van der Waals surface area contributed by atoms with Gasteiger partial charge < -0.3 is 30.5 Å². The van der Waals surface area contributed by atoms with Crippen molar-refractivity contribution in [3.8, 4) is 0 Å². The Hall–Kier alpha value is -3.72. The number of halogens is 2. The van der Waals surface area contributed by atoms with Crippen molar-refractivity contribution in [3.63, 3.8) is 0 Å². The molecule has 1 aromatic heterocycles. The second kappa shape index (κ2) is 13.5. The lowest BCUT2D eigenvalue weighted by molar-refractivity contribution is -0.145. The molecular formula is C34H47F2N7O5S. The lowest BCUT2D eigenvalue weighted by Crippen LogP contribution is -2.40. The van der Waals surface area contributed by atoms with E-state index in [0.717, 1.165) is 50.1 Å². The van der Waals surface area contributed by atoms with Gasteiger partial charge in [-0.25, -0.2) is 22.2 Å². The maximum absolute atomic E-state index is 14.0. The first-order valence-corrected chi connectivity index (χ1v) is 18.8. The summed E-state index contributed by atoms with van der Waals surface area (Å²) in [5, 5.41) is 2.96. The topological polar surface area (TPSA) is 150 Å². The van der Waals surface area contributed by atoms with E-state index in [-0.39, 0.29) is 44.1 Å². The number of ether oxygens (including phenoxy) is 1. The zero-order valence-electron chi connectivity index (χ0n) is 28.4. The van der Waals surface area contributed by atoms with Crippen LogP contribution in [0.5, 0.6) is 0 Å². The van der Waals surface area contributed by atoms with Crippen molar-refractivity contribution in [2.24, 2.45) is 17.1 Å². The lowest BCUT2D eigenvalue weighted by atomic mass is 9.93. The molecule has 3 aliphatic heterocycles. The Bertz CT molecular complexity index is 1680. The molecule has 268 valence electrons. The molecule has 1 atom stereocenters. The Kier molecular flexibility index (Phi) is 9.70. The van der Waals surface area contributed by atoms with Crippen LogP contribution < -0.4 is 30.5 Å². The number of nitrogens with zero attached hydrogens (tertiary/aromatic N) is 4. The molecule has 2 aromatic rings. The molecule has 6 rings (SSSR count). The summed E-state index contributed by atoms with van der Waals surface area (Å²) in [5.41, 5.74) is 9.32. The van der Waals surface area contributed by atoms with Gasteiger partial charge in [0.25, 0.3) is 11.8 Å².